The lowest BCUT2D eigenvalue weighted by atomic mass is 10.0. The molecule has 0 N–H and O–H groups in total. The van der Waals surface area contributed by atoms with Crippen molar-refractivity contribution in [1.82, 2.24) is 4.90 Å². The van der Waals surface area contributed by atoms with Crippen LogP contribution in [0.15, 0.2) is 12.2 Å². The van der Waals surface area contributed by atoms with Gasteiger partial charge in [-0.25, -0.2) is 0 Å². The molecule has 0 heterocycles. The van der Waals surface area contributed by atoms with Crippen molar-refractivity contribution < 1.29 is 0 Å². The summed E-state index contributed by atoms with van der Waals surface area (Å²) in [4.78, 5) is 2.56. The molecule has 0 aromatic rings. The molecule has 0 aliphatic rings. The Kier molecular flexibility index (Phi) is 11.3. The van der Waals surface area contributed by atoms with Gasteiger partial charge in [0.2, 0.25) is 0 Å². The minimum absolute atomic E-state index is 0.674. The van der Waals surface area contributed by atoms with Gasteiger partial charge in [-0.3, -0.25) is 0 Å². The van der Waals surface area contributed by atoms with Crippen molar-refractivity contribution in [1.29, 1.82) is 0 Å². The van der Waals surface area contributed by atoms with Gasteiger partial charge in [-0.05, 0) is 51.5 Å². The van der Waals surface area contributed by atoms with E-state index in [0.29, 0.717) is 6.04 Å². The number of rotatable bonds is 11. The molecule has 0 spiro atoms. The molecular weight excluding hydrogens is 230 g/mol. The van der Waals surface area contributed by atoms with Crippen molar-refractivity contribution in [2.24, 2.45) is 11.8 Å². The van der Waals surface area contributed by atoms with Crippen molar-refractivity contribution in [2.75, 3.05) is 13.1 Å². The molecule has 0 aliphatic heterocycles. The van der Waals surface area contributed by atoms with Crippen LogP contribution in [-0.2, 0) is 0 Å². The van der Waals surface area contributed by atoms with Gasteiger partial charge in [-0.15, -0.1) is 0 Å². The highest BCUT2D eigenvalue weighted by atomic mass is 15.1. The molecule has 0 rings (SSSR count). The van der Waals surface area contributed by atoms with Crippen LogP contribution in [0.4, 0.5) is 0 Å². The van der Waals surface area contributed by atoms with E-state index in [1.165, 1.54) is 45.2 Å². The molecule has 1 unspecified atom stereocenters. The lowest BCUT2D eigenvalue weighted by Crippen LogP contribution is -2.34. The Morgan fingerprint density at radius 2 is 1.63 bits per heavy atom. The molecular formula is C18H37N. The number of allylic oxidation sites excluding steroid dienone is 2. The summed E-state index contributed by atoms with van der Waals surface area (Å²) < 4.78 is 0. The van der Waals surface area contributed by atoms with Gasteiger partial charge in [0.1, 0.15) is 0 Å². The molecule has 0 saturated carbocycles. The Morgan fingerprint density at radius 1 is 0.947 bits per heavy atom. The predicted molar refractivity (Wildman–Crippen MR) is 88.6 cm³/mol. The Hall–Kier alpha value is -0.300. The van der Waals surface area contributed by atoms with E-state index in [9.17, 15) is 0 Å². The fraction of sp³-hybridized carbons (Fsp3) is 0.889. The fourth-order valence-corrected chi connectivity index (χ4v) is 2.44. The second-order valence-corrected chi connectivity index (χ2v) is 6.67. The van der Waals surface area contributed by atoms with Crippen molar-refractivity contribution in [3.8, 4) is 0 Å². The second-order valence-electron chi connectivity index (χ2n) is 6.67. The summed E-state index contributed by atoms with van der Waals surface area (Å²) in [5, 5.41) is 0. The average molecular weight is 268 g/mol. The van der Waals surface area contributed by atoms with E-state index in [1.54, 1.807) is 0 Å². The highest BCUT2D eigenvalue weighted by molar-refractivity contribution is 4.84. The lowest BCUT2D eigenvalue weighted by Gasteiger charge is -2.27. The quantitative estimate of drug-likeness (QED) is 0.352. The van der Waals surface area contributed by atoms with E-state index in [4.69, 9.17) is 0 Å². The molecule has 0 amide bonds. The van der Waals surface area contributed by atoms with Gasteiger partial charge in [0.15, 0.2) is 0 Å². The molecule has 0 fully saturated rings. The molecule has 1 nitrogen and oxygen atoms in total. The van der Waals surface area contributed by atoms with Crippen molar-refractivity contribution in [3.05, 3.63) is 12.2 Å². The monoisotopic (exact) mass is 267 g/mol. The fourth-order valence-electron chi connectivity index (χ4n) is 2.44. The zero-order valence-corrected chi connectivity index (χ0v) is 14.3. The SMILES string of the molecule is CCN(CC(C)C/C=C/CCCCC(C)C)C(C)C. The van der Waals surface area contributed by atoms with Gasteiger partial charge in [0, 0.05) is 12.6 Å². The van der Waals surface area contributed by atoms with Crippen LogP contribution in [0.1, 0.15) is 73.6 Å². The first-order valence-corrected chi connectivity index (χ1v) is 8.36. The highest BCUT2D eigenvalue weighted by Gasteiger charge is 2.10. The Labute approximate surface area is 122 Å². The summed E-state index contributed by atoms with van der Waals surface area (Å²) in [5.41, 5.74) is 0. The minimum Gasteiger partial charge on any atom is -0.301 e. The van der Waals surface area contributed by atoms with Gasteiger partial charge in [-0.1, -0.05) is 52.7 Å². The van der Waals surface area contributed by atoms with Gasteiger partial charge < -0.3 is 4.90 Å². The Bertz CT molecular complexity index is 218. The highest BCUT2D eigenvalue weighted by Crippen LogP contribution is 2.11. The Balaban J connectivity index is 3.63. The molecule has 0 aromatic heterocycles. The van der Waals surface area contributed by atoms with Crippen LogP contribution in [0.25, 0.3) is 0 Å². The first-order chi connectivity index (χ1) is 8.97. The molecule has 1 heteroatoms. The van der Waals surface area contributed by atoms with Gasteiger partial charge in [-0.2, -0.15) is 0 Å². The first-order valence-electron chi connectivity index (χ1n) is 8.36. The van der Waals surface area contributed by atoms with Crippen LogP contribution in [0.2, 0.25) is 0 Å². The van der Waals surface area contributed by atoms with E-state index in [2.05, 4.69) is 58.6 Å². The lowest BCUT2D eigenvalue weighted by molar-refractivity contribution is 0.203. The molecule has 114 valence electrons. The third-order valence-electron chi connectivity index (χ3n) is 3.79. The number of unbranched alkanes of at least 4 members (excludes halogenated alkanes) is 2. The Morgan fingerprint density at radius 3 is 2.16 bits per heavy atom. The smallest absolute Gasteiger partial charge is 0.00385 e. The summed E-state index contributed by atoms with van der Waals surface area (Å²) >= 11 is 0. The predicted octanol–water partition coefficient (Wildman–Crippen LogP) is 5.52. The van der Waals surface area contributed by atoms with E-state index in [1.807, 2.05) is 0 Å². The van der Waals surface area contributed by atoms with Crippen LogP contribution in [0, 0.1) is 11.8 Å². The van der Waals surface area contributed by atoms with E-state index in [0.717, 1.165) is 11.8 Å². The topological polar surface area (TPSA) is 3.24 Å². The molecule has 0 saturated heterocycles. The van der Waals surface area contributed by atoms with Crippen LogP contribution in [-0.4, -0.2) is 24.0 Å². The molecule has 1 atom stereocenters. The van der Waals surface area contributed by atoms with E-state index < -0.39 is 0 Å². The van der Waals surface area contributed by atoms with Gasteiger partial charge in [0.25, 0.3) is 0 Å². The van der Waals surface area contributed by atoms with Gasteiger partial charge >= 0.3 is 0 Å². The van der Waals surface area contributed by atoms with Crippen LogP contribution in [0.3, 0.4) is 0 Å². The molecule has 0 aromatic carbocycles. The maximum Gasteiger partial charge on any atom is 0.00385 e. The number of hydrogen-bond donors (Lipinski definition) is 0. The van der Waals surface area contributed by atoms with Crippen molar-refractivity contribution in [2.45, 2.75) is 79.7 Å². The van der Waals surface area contributed by atoms with Crippen LogP contribution < -0.4 is 0 Å². The normalized spacial score (nSPS) is 14.2. The number of hydrogen-bond acceptors (Lipinski definition) is 1. The van der Waals surface area contributed by atoms with Crippen molar-refractivity contribution in [3.63, 3.8) is 0 Å². The van der Waals surface area contributed by atoms with E-state index in [-0.39, 0.29) is 0 Å². The minimum atomic E-state index is 0.674. The summed E-state index contributed by atoms with van der Waals surface area (Å²) in [6.45, 7) is 16.2. The standard InChI is InChI=1S/C18H37N/c1-7-19(17(4)5)15-18(6)14-12-10-8-9-11-13-16(2)3/h10,12,16-18H,7-9,11,13-15H2,1-6H3/b12-10+. The zero-order chi connectivity index (χ0) is 14.7. The molecule has 0 radical (unpaired) electrons. The summed E-state index contributed by atoms with van der Waals surface area (Å²) in [7, 11) is 0. The maximum atomic E-state index is 2.56. The number of nitrogens with zero attached hydrogens (tertiary/aromatic N) is 1. The first kappa shape index (κ1) is 18.7. The zero-order valence-electron chi connectivity index (χ0n) is 14.3. The third-order valence-corrected chi connectivity index (χ3v) is 3.79. The second kappa shape index (κ2) is 11.5. The molecule has 0 aliphatic carbocycles. The molecule has 19 heavy (non-hydrogen) atoms. The molecule has 0 bridgehead atoms. The van der Waals surface area contributed by atoms with E-state index >= 15 is 0 Å². The largest absolute Gasteiger partial charge is 0.301 e. The van der Waals surface area contributed by atoms with Crippen molar-refractivity contribution >= 4 is 0 Å². The van der Waals surface area contributed by atoms with Crippen LogP contribution >= 0.6 is 0 Å². The maximum absolute atomic E-state index is 2.56. The summed E-state index contributed by atoms with van der Waals surface area (Å²) in [6.07, 6.45) is 11.4. The van der Waals surface area contributed by atoms with Crippen LogP contribution in [0.5, 0.6) is 0 Å². The summed E-state index contributed by atoms with van der Waals surface area (Å²) in [5.74, 6) is 1.63. The average Bonchev–Trinajstić information content (AvgIpc) is 2.34. The summed E-state index contributed by atoms with van der Waals surface area (Å²) in [6, 6.07) is 0.674. The third kappa shape index (κ3) is 11.2. The van der Waals surface area contributed by atoms with Gasteiger partial charge in [0.05, 0.1) is 0 Å².